The van der Waals surface area contributed by atoms with Crippen LogP contribution in [0, 0.1) is 0 Å². The first-order chi connectivity index (χ1) is 8.96. The molecule has 1 atom stereocenters. The quantitative estimate of drug-likeness (QED) is 0.835. The Labute approximate surface area is 108 Å². The lowest BCUT2D eigenvalue weighted by Crippen LogP contribution is -2.42. The van der Waals surface area contributed by atoms with Crippen molar-refractivity contribution in [3.05, 3.63) is 29.3 Å². The van der Waals surface area contributed by atoms with Crippen LogP contribution in [0.4, 0.5) is 17.6 Å². The number of alkyl halides is 4. The molecule has 0 spiro atoms. The first kappa shape index (κ1) is 14.1. The first-order valence-electron chi connectivity index (χ1n) is 6.11. The predicted molar refractivity (Wildman–Crippen MR) is 63.0 cm³/mol. The van der Waals surface area contributed by atoms with Gasteiger partial charge in [-0.2, -0.15) is 8.78 Å². The molecule has 0 amide bonds. The standard InChI is InChI=1S/C13H15F4NO/c1-2-18-11(13(16,17)12(14)15)9-3-4-10-8(7-9)5-6-19-10/h3-4,7,11-12,18H,2,5-6H2,1H3. The van der Waals surface area contributed by atoms with Crippen LogP contribution in [-0.2, 0) is 6.42 Å². The molecule has 0 aliphatic carbocycles. The second-order valence-corrected chi connectivity index (χ2v) is 4.43. The maximum absolute atomic E-state index is 13.6. The minimum absolute atomic E-state index is 0.163. The summed E-state index contributed by atoms with van der Waals surface area (Å²) in [5.41, 5.74) is 0.946. The minimum atomic E-state index is -4.11. The summed E-state index contributed by atoms with van der Waals surface area (Å²) in [4.78, 5) is 0. The van der Waals surface area contributed by atoms with E-state index < -0.39 is 18.4 Å². The zero-order valence-corrected chi connectivity index (χ0v) is 10.4. The van der Waals surface area contributed by atoms with E-state index >= 15 is 0 Å². The first-order valence-corrected chi connectivity index (χ1v) is 6.11. The van der Waals surface area contributed by atoms with Gasteiger partial charge in [0.15, 0.2) is 0 Å². The Morgan fingerprint density at radius 1 is 1.37 bits per heavy atom. The zero-order valence-electron chi connectivity index (χ0n) is 10.4. The molecular weight excluding hydrogens is 262 g/mol. The highest BCUT2D eigenvalue weighted by Gasteiger charge is 2.49. The van der Waals surface area contributed by atoms with E-state index in [4.69, 9.17) is 4.74 Å². The van der Waals surface area contributed by atoms with Crippen LogP contribution in [0.25, 0.3) is 0 Å². The van der Waals surface area contributed by atoms with Crippen molar-refractivity contribution < 1.29 is 22.3 Å². The summed E-state index contributed by atoms with van der Waals surface area (Å²) in [6, 6.07) is 2.80. The molecule has 0 saturated carbocycles. The summed E-state index contributed by atoms with van der Waals surface area (Å²) < 4.78 is 57.5. The lowest BCUT2D eigenvalue weighted by Gasteiger charge is -2.27. The maximum atomic E-state index is 13.6. The van der Waals surface area contributed by atoms with Crippen LogP contribution in [0.2, 0.25) is 0 Å². The number of ether oxygens (including phenoxy) is 1. The van der Waals surface area contributed by atoms with Crippen molar-refractivity contribution in [3.63, 3.8) is 0 Å². The van der Waals surface area contributed by atoms with Gasteiger partial charge in [0.1, 0.15) is 11.8 Å². The number of nitrogens with one attached hydrogen (secondary N) is 1. The second kappa shape index (κ2) is 5.36. The largest absolute Gasteiger partial charge is 0.493 e. The van der Waals surface area contributed by atoms with E-state index in [-0.39, 0.29) is 12.1 Å². The molecule has 0 aromatic heterocycles. The molecule has 1 N–H and O–H groups in total. The average molecular weight is 277 g/mol. The van der Waals surface area contributed by atoms with E-state index in [1.807, 2.05) is 0 Å². The molecule has 0 saturated heterocycles. The Morgan fingerprint density at radius 3 is 2.74 bits per heavy atom. The molecule has 0 bridgehead atoms. The Kier molecular flexibility index (Phi) is 3.99. The average Bonchev–Trinajstić information content (AvgIpc) is 2.82. The van der Waals surface area contributed by atoms with Crippen molar-refractivity contribution in [3.8, 4) is 5.75 Å². The van der Waals surface area contributed by atoms with E-state index in [2.05, 4.69) is 5.32 Å². The summed E-state index contributed by atoms with van der Waals surface area (Å²) in [6.07, 6.45) is -3.09. The van der Waals surface area contributed by atoms with E-state index in [1.165, 1.54) is 12.1 Å². The third-order valence-electron chi connectivity index (χ3n) is 3.13. The summed E-state index contributed by atoms with van der Waals surface area (Å²) in [5, 5.41) is 2.44. The van der Waals surface area contributed by atoms with Crippen molar-refractivity contribution in [1.82, 2.24) is 5.32 Å². The van der Waals surface area contributed by atoms with Gasteiger partial charge in [0, 0.05) is 6.42 Å². The van der Waals surface area contributed by atoms with Crippen LogP contribution in [0.15, 0.2) is 18.2 Å². The van der Waals surface area contributed by atoms with Gasteiger partial charge >= 0.3 is 12.3 Å². The van der Waals surface area contributed by atoms with Gasteiger partial charge in [0.25, 0.3) is 0 Å². The van der Waals surface area contributed by atoms with E-state index in [1.54, 1.807) is 13.0 Å². The molecule has 1 aromatic carbocycles. The number of rotatable bonds is 5. The molecule has 2 rings (SSSR count). The third kappa shape index (κ3) is 2.68. The third-order valence-corrected chi connectivity index (χ3v) is 3.13. The normalized spacial score (nSPS) is 16.3. The molecule has 1 aliphatic rings. The van der Waals surface area contributed by atoms with Gasteiger partial charge in [-0.15, -0.1) is 0 Å². The van der Waals surface area contributed by atoms with Crippen LogP contribution in [0.5, 0.6) is 5.75 Å². The van der Waals surface area contributed by atoms with E-state index in [9.17, 15) is 17.6 Å². The van der Waals surface area contributed by atoms with Crippen LogP contribution < -0.4 is 10.1 Å². The number of benzene rings is 1. The molecule has 106 valence electrons. The van der Waals surface area contributed by atoms with Crippen molar-refractivity contribution in [1.29, 1.82) is 0 Å². The molecule has 19 heavy (non-hydrogen) atoms. The summed E-state index contributed by atoms with van der Waals surface area (Å²) in [6.45, 7) is 2.28. The monoisotopic (exact) mass is 277 g/mol. The van der Waals surface area contributed by atoms with Crippen LogP contribution >= 0.6 is 0 Å². The van der Waals surface area contributed by atoms with Gasteiger partial charge in [0.2, 0.25) is 0 Å². The number of halogens is 4. The molecular formula is C13H15F4NO. The number of hydrogen-bond donors (Lipinski definition) is 1. The van der Waals surface area contributed by atoms with Crippen molar-refractivity contribution in [2.75, 3.05) is 13.2 Å². The Hall–Kier alpha value is -1.30. The van der Waals surface area contributed by atoms with E-state index in [0.29, 0.717) is 18.8 Å². The Morgan fingerprint density at radius 2 is 2.11 bits per heavy atom. The summed E-state index contributed by atoms with van der Waals surface area (Å²) in [7, 11) is 0. The molecule has 2 nitrogen and oxygen atoms in total. The predicted octanol–water partition coefficient (Wildman–Crippen LogP) is 3.17. The molecule has 0 radical (unpaired) electrons. The van der Waals surface area contributed by atoms with Crippen molar-refractivity contribution in [2.24, 2.45) is 0 Å². The van der Waals surface area contributed by atoms with Gasteiger partial charge in [-0.25, -0.2) is 8.78 Å². The Balaban J connectivity index is 2.34. The number of hydrogen-bond acceptors (Lipinski definition) is 2. The summed E-state index contributed by atoms with van der Waals surface area (Å²) in [5.74, 6) is -3.47. The fraction of sp³-hybridized carbons (Fsp3) is 0.538. The fourth-order valence-corrected chi connectivity index (χ4v) is 2.19. The van der Waals surface area contributed by atoms with Gasteiger partial charge in [-0.1, -0.05) is 19.1 Å². The smallest absolute Gasteiger partial charge is 0.326 e. The maximum Gasteiger partial charge on any atom is 0.326 e. The second-order valence-electron chi connectivity index (χ2n) is 4.43. The highest BCUT2D eigenvalue weighted by Crippen LogP contribution is 2.38. The van der Waals surface area contributed by atoms with Gasteiger partial charge in [0.05, 0.1) is 6.61 Å². The molecule has 1 aliphatic heterocycles. The lowest BCUT2D eigenvalue weighted by molar-refractivity contribution is -0.151. The zero-order chi connectivity index (χ0) is 14.0. The van der Waals surface area contributed by atoms with Crippen molar-refractivity contribution in [2.45, 2.75) is 31.7 Å². The highest BCUT2D eigenvalue weighted by molar-refractivity contribution is 5.41. The van der Waals surface area contributed by atoms with E-state index in [0.717, 1.165) is 5.56 Å². The van der Waals surface area contributed by atoms with Crippen LogP contribution in [0.1, 0.15) is 24.1 Å². The summed E-state index contributed by atoms with van der Waals surface area (Å²) >= 11 is 0. The highest BCUT2D eigenvalue weighted by atomic mass is 19.3. The number of fused-ring (bicyclic) bond motifs is 1. The molecule has 1 unspecified atom stereocenters. The fourth-order valence-electron chi connectivity index (χ4n) is 2.19. The van der Waals surface area contributed by atoms with Crippen LogP contribution in [-0.4, -0.2) is 25.5 Å². The van der Waals surface area contributed by atoms with Gasteiger partial charge < -0.3 is 10.1 Å². The SMILES string of the molecule is CCNC(c1ccc2c(c1)CCO2)C(F)(F)C(F)F. The molecule has 1 heterocycles. The van der Waals surface area contributed by atoms with Gasteiger partial charge in [-0.3, -0.25) is 0 Å². The molecule has 0 fully saturated rings. The molecule has 1 aromatic rings. The lowest BCUT2D eigenvalue weighted by atomic mass is 9.97. The minimum Gasteiger partial charge on any atom is -0.493 e. The Bertz CT molecular complexity index is 450. The molecule has 6 heteroatoms. The topological polar surface area (TPSA) is 21.3 Å². The van der Waals surface area contributed by atoms with Gasteiger partial charge in [-0.05, 0) is 23.7 Å². The van der Waals surface area contributed by atoms with Crippen molar-refractivity contribution >= 4 is 0 Å². The van der Waals surface area contributed by atoms with Crippen LogP contribution in [0.3, 0.4) is 0 Å².